The molecule has 0 aliphatic carbocycles. The molecule has 0 aliphatic rings. The first-order valence-electron chi connectivity index (χ1n) is 11.9. The maximum Gasteiger partial charge on any atom is 0.134 e. The molecule has 0 saturated heterocycles. The van der Waals surface area contributed by atoms with E-state index in [1.165, 1.54) is 0 Å². The van der Waals surface area contributed by atoms with Crippen LogP contribution in [0.15, 0.2) is 54.7 Å². The molecule has 1 heterocycles. The monoisotopic (exact) mass is 494 g/mol. The van der Waals surface area contributed by atoms with E-state index in [4.69, 9.17) is 15.2 Å². The number of aryl methyl sites for hydroxylation is 2. The van der Waals surface area contributed by atoms with Crippen LogP contribution in [-0.2, 0) is 13.2 Å². The zero-order chi connectivity index (χ0) is 26.9. The number of hydrogen-bond donors (Lipinski definition) is 1. The average molecular weight is 495 g/mol. The first kappa shape index (κ1) is 26.8. The summed E-state index contributed by atoms with van der Waals surface area (Å²) in [4.78, 5) is 0. The Bertz CT molecular complexity index is 1460. The Labute approximate surface area is 217 Å². The summed E-state index contributed by atoms with van der Waals surface area (Å²) < 4.78 is 13.1. The van der Waals surface area contributed by atoms with Crippen LogP contribution in [0, 0.1) is 36.5 Å². The van der Waals surface area contributed by atoms with Crippen LogP contribution in [0.2, 0.25) is 0 Å². The second kappa shape index (κ2) is 12.2. The molecule has 0 aliphatic heterocycles. The highest BCUT2D eigenvalue weighted by Crippen LogP contribution is 2.34. The van der Waals surface area contributed by atoms with E-state index in [1.54, 1.807) is 17.9 Å². The van der Waals surface area contributed by atoms with E-state index < -0.39 is 0 Å². The minimum atomic E-state index is 0.197. The lowest BCUT2D eigenvalue weighted by atomic mass is 9.92. The molecule has 8 nitrogen and oxygen atoms in total. The Balaban J connectivity index is 0.00000186. The van der Waals surface area contributed by atoms with E-state index in [-0.39, 0.29) is 12.3 Å². The number of nitrogen functional groups attached to an aromatic ring is 1. The molecule has 3 aromatic carbocycles. The summed E-state index contributed by atoms with van der Waals surface area (Å²) in [5, 5.41) is 27.3. The molecule has 1 aromatic heterocycles. The highest BCUT2D eigenvalue weighted by atomic mass is 16.5. The number of nitriles is 2. The van der Waals surface area contributed by atoms with E-state index in [2.05, 4.69) is 22.4 Å². The summed E-state index contributed by atoms with van der Waals surface area (Å²) in [6, 6.07) is 19.3. The first-order chi connectivity index (χ1) is 17.9. The molecule has 0 amide bonds. The molecule has 2 N–H and O–H groups in total. The molecule has 0 bridgehead atoms. The van der Waals surface area contributed by atoms with E-state index in [1.807, 2.05) is 76.4 Å². The number of nitrogens with zero attached hydrogens (tertiary/aromatic N) is 5. The quantitative estimate of drug-likeness (QED) is 0.334. The lowest BCUT2D eigenvalue weighted by Crippen LogP contribution is -2.03. The topological polar surface area (TPSA) is 123 Å². The molecule has 0 saturated carbocycles. The van der Waals surface area contributed by atoms with Gasteiger partial charge in [0.2, 0.25) is 0 Å². The van der Waals surface area contributed by atoms with Gasteiger partial charge in [0, 0.05) is 11.1 Å². The first-order valence-corrected chi connectivity index (χ1v) is 11.9. The van der Waals surface area contributed by atoms with Crippen molar-refractivity contribution < 1.29 is 9.47 Å². The Hall–Kier alpha value is -4.82. The predicted octanol–water partition coefficient (Wildman–Crippen LogP) is 5.55. The van der Waals surface area contributed by atoms with Gasteiger partial charge < -0.3 is 15.2 Å². The molecule has 4 rings (SSSR count). The summed E-state index contributed by atoms with van der Waals surface area (Å²) >= 11 is 0. The third-order valence-corrected chi connectivity index (χ3v) is 5.68. The number of ether oxygens (including phenoxy) is 2. The number of benzene rings is 3. The number of rotatable bonds is 7. The Morgan fingerprint density at radius 2 is 1.73 bits per heavy atom. The van der Waals surface area contributed by atoms with Crippen molar-refractivity contribution in [2.75, 3.05) is 12.8 Å². The molecular formula is C29H30N6O2. The second-order valence-electron chi connectivity index (χ2n) is 8.16. The van der Waals surface area contributed by atoms with Gasteiger partial charge in [-0.05, 0) is 49.2 Å². The number of hydrogen-bond acceptors (Lipinski definition) is 7. The van der Waals surface area contributed by atoms with Gasteiger partial charge >= 0.3 is 0 Å². The number of aromatic nitrogens is 3. The standard InChI is InChI=1S/C27H24N6O2.C2H6/c1-17-4-9-25(34-3)21(10-17)14-33-15-22(31-32-33)16-35-23-7-5-19(6-8-23)26-18(2)11-20(12-28)27(30)24(26)13-29;1-2/h4-11,15H,14,16,30H2,1-3H3;1-2H3. The lowest BCUT2D eigenvalue weighted by Gasteiger charge is -2.13. The van der Waals surface area contributed by atoms with Crippen molar-refractivity contribution in [3.63, 3.8) is 0 Å². The van der Waals surface area contributed by atoms with Crippen LogP contribution in [0.3, 0.4) is 0 Å². The van der Waals surface area contributed by atoms with Crippen molar-refractivity contribution in [3.05, 3.63) is 88.2 Å². The van der Waals surface area contributed by atoms with Gasteiger partial charge in [-0.25, -0.2) is 4.68 Å². The van der Waals surface area contributed by atoms with Crippen molar-refractivity contribution in [2.24, 2.45) is 0 Å². The van der Waals surface area contributed by atoms with Gasteiger partial charge in [-0.3, -0.25) is 0 Å². The molecule has 0 spiro atoms. The van der Waals surface area contributed by atoms with Crippen molar-refractivity contribution in [3.8, 4) is 34.8 Å². The maximum atomic E-state index is 9.62. The fraction of sp³-hybridized carbons (Fsp3) is 0.241. The molecule has 4 aromatic rings. The lowest BCUT2D eigenvalue weighted by molar-refractivity contribution is 0.301. The smallest absolute Gasteiger partial charge is 0.134 e. The normalized spacial score (nSPS) is 10.0. The molecule has 0 unspecified atom stereocenters. The third-order valence-electron chi connectivity index (χ3n) is 5.68. The molecule has 0 atom stereocenters. The third kappa shape index (κ3) is 6.06. The van der Waals surface area contributed by atoms with Gasteiger partial charge in [0.25, 0.3) is 0 Å². The molecule has 0 fully saturated rings. The Kier molecular flexibility index (Phi) is 8.85. The van der Waals surface area contributed by atoms with Crippen LogP contribution < -0.4 is 15.2 Å². The minimum Gasteiger partial charge on any atom is -0.496 e. The summed E-state index contributed by atoms with van der Waals surface area (Å²) in [7, 11) is 1.65. The van der Waals surface area contributed by atoms with Crippen LogP contribution in [0.4, 0.5) is 5.69 Å². The molecule has 37 heavy (non-hydrogen) atoms. The van der Waals surface area contributed by atoms with Gasteiger partial charge in [0.1, 0.15) is 35.9 Å². The fourth-order valence-corrected chi connectivity index (χ4v) is 3.98. The van der Waals surface area contributed by atoms with Crippen LogP contribution in [-0.4, -0.2) is 22.1 Å². The van der Waals surface area contributed by atoms with Crippen LogP contribution in [0.5, 0.6) is 11.5 Å². The fourth-order valence-electron chi connectivity index (χ4n) is 3.98. The summed E-state index contributed by atoms with van der Waals surface area (Å²) in [5.41, 5.74) is 12.0. The van der Waals surface area contributed by atoms with Crippen molar-refractivity contribution >= 4 is 5.69 Å². The predicted molar refractivity (Wildman–Crippen MR) is 143 cm³/mol. The molecule has 8 heteroatoms. The summed E-state index contributed by atoms with van der Waals surface area (Å²) in [6.45, 7) is 8.70. The van der Waals surface area contributed by atoms with Gasteiger partial charge in [-0.1, -0.05) is 48.9 Å². The van der Waals surface area contributed by atoms with Gasteiger partial charge in [-0.15, -0.1) is 5.10 Å². The highest BCUT2D eigenvalue weighted by Gasteiger charge is 2.16. The zero-order valence-corrected chi connectivity index (χ0v) is 21.7. The van der Waals surface area contributed by atoms with Gasteiger partial charge in [0.15, 0.2) is 0 Å². The summed E-state index contributed by atoms with van der Waals surface area (Å²) in [5.74, 6) is 1.46. The van der Waals surface area contributed by atoms with Crippen LogP contribution >= 0.6 is 0 Å². The largest absolute Gasteiger partial charge is 0.496 e. The molecule has 188 valence electrons. The maximum absolute atomic E-state index is 9.62. The SMILES string of the molecule is CC.COc1ccc(C)cc1Cn1cc(COc2ccc(-c3c(C)cc(C#N)c(N)c3C#N)cc2)nn1. The number of methoxy groups -OCH3 is 1. The second-order valence-corrected chi connectivity index (χ2v) is 8.16. The zero-order valence-electron chi connectivity index (χ0n) is 21.7. The van der Waals surface area contributed by atoms with E-state index >= 15 is 0 Å². The molecule has 0 radical (unpaired) electrons. The Morgan fingerprint density at radius 3 is 2.38 bits per heavy atom. The Morgan fingerprint density at radius 1 is 1.00 bits per heavy atom. The van der Waals surface area contributed by atoms with Crippen LogP contribution in [0.1, 0.15) is 47.4 Å². The van der Waals surface area contributed by atoms with Crippen LogP contribution in [0.25, 0.3) is 11.1 Å². The van der Waals surface area contributed by atoms with Gasteiger partial charge in [-0.2, -0.15) is 10.5 Å². The van der Waals surface area contributed by atoms with Crippen molar-refractivity contribution in [1.82, 2.24) is 15.0 Å². The highest BCUT2D eigenvalue weighted by molar-refractivity contribution is 5.82. The van der Waals surface area contributed by atoms with E-state index in [0.29, 0.717) is 34.7 Å². The van der Waals surface area contributed by atoms with E-state index in [0.717, 1.165) is 28.0 Å². The average Bonchev–Trinajstić information content (AvgIpc) is 3.37. The van der Waals surface area contributed by atoms with Crippen molar-refractivity contribution in [1.29, 1.82) is 10.5 Å². The number of nitrogens with two attached hydrogens (primary N) is 1. The molecular weight excluding hydrogens is 464 g/mol. The van der Waals surface area contributed by atoms with Crippen molar-refractivity contribution in [2.45, 2.75) is 40.8 Å². The van der Waals surface area contributed by atoms with E-state index in [9.17, 15) is 10.5 Å². The summed E-state index contributed by atoms with van der Waals surface area (Å²) in [6.07, 6.45) is 1.85. The minimum absolute atomic E-state index is 0.197. The number of anilines is 1. The van der Waals surface area contributed by atoms with Gasteiger partial charge in [0.05, 0.1) is 36.7 Å².